The van der Waals surface area contributed by atoms with E-state index in [-0.39, 0.29) is 0 Å². The van der Waals surface area contributed by atoms with Crippen molar-refractivity contribution in [2.24, 2.45) is 0 Å². The molecule has 0 aliphatic carbocycles. The second kappa shape index (κ2) is 11.9. The molecule has 2 heterocycles. The Morgan fingerprint density at radius 3 is 1.89 bits per heavy atom. The molecule has 3 heteroatoms. The third-order valence-corrected chi connectivity index (χ3v) is 11.9. The molecule has 0 N–H and O–H groups in total. The summed E-state index contributed by atoms with van der Waals surface area (Å²) < 4.78 is 9.43. The van der Waals surface area contributed by atoms with Crippen LogP contribution in [-0.4, -0.2) is 0 Å². The third kappa shape index (κ3) is 4.71. The largest absolute Gasteiger partial charge is 0.455 e. The molecule has 0 bridgehead atoms. The molecule has 0 unspecified atom stereocenters. The lowest BCUT2D eigenvalue weighted by Crippen LogP contribution is -2.11. The number of nitrogens with zero attached hydrogens (tertiary/aromatic N) is 1. The molecule has 2 aromatic heterocycles. The molecule has 0 fully saturated rings. The van der Waals surface area contributed by atoms with Crippen LogP contribution in [0.2, 0.25) is 0 Å². The number of furan rings is 1. The number of thiophene rings is 1. The van der Waals surface area contributed by atoms with Crippen molar-refractivity contribution in [3.63, 3.8) is 0 Å². The number of benzene rings is 9. The molecule has 0 atom stereocenters. The molecule has 0 aliphatic rings. The van der Waals surface area contributed by atoms with E-state index in [9.17, 15) is 0 Å². The molecule has 0 amide bonds. The van der Waals surface area contributed by atoms with Crippen LogP contribution in [0, 0.1) is 0 Å². The molecule has 0 saturated heterocycles. The smallest absolute Gasteiger partial charge is 0.145 e. The van der Waals surface area contributed by atoms with Gasteiger partial charge in [-0.3, -0.25) is 0 Å². The number of anilines is 3. The van der Waals surface area contributed by atoms with E-state index in [1.165, 1.54) is 52.8 Å². The first-order valence-corrected chi connectivity index (χ1v) is 18.8. The lowest BCUT2D eigenvalue weighted by Gasteiger charge is -2.29. The van der Waals surface area contributed by atoms with Crippen molar-refractivity contribution in [3.8, 4) is 22.3 Å². The highest BCUT2D eigenvalue weighted by Crippen LogP contribution is 2.51. The first-order chi connectivity index (χ1) is 26.3. The van der Waals surface area contributed by atoms with Crippen molar-refractivity contribution in [2.75, 3.05) is 4.90 Å². The van der Waals surface area contributed by atoms with Gasteiger partial charge in [-0.15, -0.1) is 11.3 Å². The van der Waals surface area contributed by atoms with Crippen LogP contribution in [0.3, 0.4) is 0 Å². The second-order valence-corrected chi connectivity index (χ2v) is 14.7. The Kier molecular flexibility index (Phi) is 6.76. The Hall–Kier alpha value is -6.68. The summed E-state index contributed by atoms with van der Waals surface area (Å²) in [6, 6.07) is 67.9. The Morgan fingerprint density at radius 2 is 1.00 bits per heavy atom. The van der Waals surface area contributed by atoms with Crippen LogP contribution >= 0.6 is 11.3 Å². The van der Waals surface area contributed by atoms with Crippen LogP contribution in [0.15, 0.2) is 192 Å². The van der Waals surface area contributed by atoms with Crippen molar-refractivity contribution < 1.29 is 4.42 Å². The SMILES string of the molecule is c1ccc(-c2ccc(-c3ccc(N(c4cccc5c4sc4ccccc45)c4cccc5ccc6ccccc6c45)c4c3oc3ccccc34)cc2)cc1. The van der Waals surface area contributed by atoms with Crippen LogP contribution in [0.25, 0.3) is 85.9 Å². The summed E-state index contributed by atoms with van der Waals surface area (Å²) in [4.78, 5) is 2.50. The normalized spacial score (nSPS) is 11.8. The summed E-state index contributed by atoms with van der Waals surface area (Å²) >= 11 is 1.86. The number of rotatable bonds is 5. The van der Waals surface area contributed by atoms with Gasteiger partial charge in [0.25, 0.3) is 0 Å². The maximum absolute atomic E-state index is 6.88. The van der Waals surface area contributed by atoms with Gasteiger partial charge < -0.3 is 9.32 Å². The van der Waals surface area contributed by atoms with Gasteiger partial charge in [-0.25, -0.2) is 0 Å². The van der Waals surface area contributed by atoms with E-state index in [0.29, 0.717) is 0 Å². The number of para-hydroxylation sites is 1. The summed E-state index contributed by atoms with van der Waals surface area (Å²) in [7, 11) is 0. The Balaban J connectivity index is 1.23. The van der Waals surface area contributed by atoms with Crippen LogP contribution in [0.5, 0.6) is 0 Å². The molecule has 11 aromatic rings. The van der Waals surface area contributed by atoms with E-state index in [0.717, 1.165) is 50.1 Å². The van der Waals surface area contributed by atoms with Gasteiger partial charge in [0.15, 0.2) is 0 Å². The summed E-state index contributed by atoms with van der Waals surface area (Å²) in [5, 5.41) is 9.63. The van der Waals surface area contributed by atoms with E-state index < -0.39 is 0 Å². The monoisotopic (exact) mass is 693 g/mol. The molecular formula is C50H31NOS. The van der Waals surface area contributed by atoms with Crippen molar-refractivity contribution >= 4 is 92.1 Å². The highest BCUT2D eigenvalue weighted by molar-refractivity contribution is 7.26. The fraction of sp³-hybridized carbons (Fsp3) is 0. The van der Waals surface area contributed by atoms with Crippen molar-refractivity contribution in [2.45, 2.75) is 0 Å². The minimum absolute atomic E-state index is 0.875. The van der Waals surface area contributed by atoms with Gasteiger partial charge in [-0.2, -0.15) is 0 Å². The Bertz CT molecular complexity index is 3170. The molecule has 248 valence electrons. The van der Waals surface area contributed by atoms with Gasteiger partial charge in [0, 0.05) is 31.8 Å². The minimum Gasteiger partial charge on any atom is -0.455 e. The van der Waals surface area contributed by atoms with Gasteiger partial charge in [-0.05, 0) is 69.2 Å². The van der Waals surface area contributed by atoms with Crippen molar-refractivity contribution in [1.82, 2.24) is 0 Å². The predicted octanol–water partition coefficient (Wildman–Crippen LogP) is 15.1. The zero-order valence-electron chi connectivity index (χ0n) is 28.7. The molecule has 9 aromatic carbocycles. The second-order valence-electron chi connectivity index (χ2n) is 13.6. The number of fused-ring (bicyclic) bond motifs is 9. The van der Waals surface area contributed by atoms with Crippen molar-refractivity contribution in [3.05, 3.63) is 188 Å². The van der Waals surface area contributed by atoms with Crippen LogP contribution in [0.1, 0.15) is 0 Å². The molecule has 0 spiro atoms. The standard InChI is InChI=1S/C50H31NOS/c1-2-12-32(13-3-1)33-24-26-35(27-25-33)38-30-31-43(48-41-18-6-8-22-45(41)52-49(38)48)51(44-21-11-19-40-39-17-7-9-23-46(39)53-50(40)44)42-20-10-15-36-29-28-34-14-4-5-16-37(34)47(36)42/h1-31H. The van der Waals surface area contributed by atoms with Crippen molar-refractivity contribution in [1.29, 1.82) is 0 Å². The van der Waals surface area contributed by atoms with Crippen LogP contribution in [-0.2, 0) is 0 Å². The first-order valence-electron chi connectivity index (χ1n) is 18.0. The van der Waals surface area contributed by atoms with E-state index in [2.05, 4.69) is 193 Å². The van der Waals surface area contributed by atoms with Gasteiger partial charge in [0.1, 0.15) is 11.2 Å². The van der Waals surface area contributed by atoms with Crippen LogP contribution in [0.4, 0.5) is 17.1 Å². The minimum atomic E-state index is 0.875. The molecule has 0 radical (unpaired) electrons. The van der Waals surface area contributed by atoms with E-state index >= 15 is 0 Å². The van der Waals surface area contributed by atoms with E-state index in [4.69, 9.17) is 4.42 Å². The maximum Gasteiger partial charge on any atom is 0.145 e. The molecule has 0 aliphatic heterocycles. The zero-order valence-corrected chi connectivity index (χ0v) is 29.5. The van der Waals surface area contributed by atoms with Gasteiger partial charge in [-0.1, -0.05) is 152 Å². The topological polar surface area (TPSA) is 16.4 Å². The van der Waals surface area contributed by atoms with E-state index in [1.807, 2.05) is 11.3 Å². The summed E-state index contributed by atoms with van der Waals surface area (Å²) in [6.07, 6.45) is 0. The predicted molar refractivity (Wildman–Crippen MR) is 227 cm³/mol. The number of hydrogen-bond donors (Lipinski definition) is 0. The van der Waals surface area contributed by atoms with Gasteiger partial charge >= 0.3 is 0 Å². The fourth-order valence-electron chi connectivity index (χ4n) is 8.22. The first kappa shape index (κ1) is 30.0. The van der Waals surface area contributed by atoms with E-state index in [1.54, 1.807) is 0 Å². The molecular weight excluding hydrogens is 663 g/mol. The summed E-state index contributed by atoms with van der Waals surface area (Å²) in [5.74, 6) is 0. The molecule has 2 nitrogen and oxygen atoms in total. The third-order valence-electron chi connectivity index (χ3n) is 10.7. The highest BCUT2D eigenvalue weighted by Gasteiger charge is 2.25. The summed E-state index contributed by atoms with van der Waals surface area (Å²) in [6.45, 7) is 0. The molecule has 11 rings (SSSR count). The quantitative estimate of drug-likeness (QED) is 0.167. The highest BCUT2D eigenvalue weighted by atomic mass is 32.1. The van der Waals surface area contributed by atoms with Gasteiger partial charge in [0.05, 0.1) is 27.1 Å². The molecule has 53 heavy (non-hydrogen) atoms. The number of hydrogen-bond acceptors (Lipinski definition) is 3. The lowest BCUT2D eigenvalue weighted by atomic mass is 9.96. The van der Waals surface area contributed by atoms with Gasteiger partial charge in [0.2, 0.25) is 0 Å². The lowest BCUT2D eigenvalue weighted by molar-refractivity contribution is 0.670. The Labute approximate surface area is 310 Å². The van der Waals surface area contributed by atoms with Crippen LogP contribution < -0.4 is 4.90 Å². The zero-order chi connectivity index (χ0) is 34.9. The fourth-order valence-corrected chi connectivity index (χ4v) is 9.43. The maximum atomic E-state index is 6.88. The summed E-state index contributed by atoms with van der Waals surface area (Å²) in [5.41, 5.74) is 9.72. The average Bonchev–Trinajstić information content (AvgIpc) is 3.81. The Morgan fingerprint density at radius 1 is 0.377 bits per heavy atom. The average molecular weight is 694 g/mol. The molecule has 0 saturated carbocycles.